The summed E-state index contributed by atoms with van der Waals surface area (Å²) < 4.78 is 11.3. The van der Waals surface area contributed by atoms with Crippen LogP contribution >= 0.6 is 0 Å². The Balaban J connectivity index is 2.17. The van der Waals surface area contributed by atoms with E-state index in [1.165, 1.54) is 12.8 Å². The van der Waals surface area contributed by atoms with Crippen LogP contribution in [0.15, 0.2) is 18.2 Å². The van der Waals surface area contributed by atoms with Crippen molar-refractivity contribution in [2.75, 3.05) is 32.2 Å². The average molecular weight is 278 g/mol. The fourth-order valence-electron chi connectivity index (χ4n) is 2.86. The van der Waals surface area contributed by atoms with Crippen molar-refractivity contribution in [3.8, 4) is 5.75 Å². The minimum absolute atomic E-state index is 0.0594. The van der Waals surface area contributed by atoms with E-state index in [0.717, 1.165) is 36.6 Å². The fraction of sp³-hybridized carbons (Fsp3) is 0.625. The van der Waals surface area contributed by atoms with Gasteiger partial charge in [-0.25, -0.2) is 0 Å². The van der Waals surface area contributed by atoms with Crippen LogP contribution in [0.4, 0.5) is 5.69 Å². The van der Waals surface area contributed by atoms with Crippen LogP contribution in [0.3, 0.4) is 0 Å². The zero-order chi connectivity index (χ0) is 14.5. The van der Waals surface area contributed by atoms with Crippen molar-refractivity contribution in [3.63, 3.8) is 0 Å². The maximum Gasteiger partial charge on any atom is 0.125 e. The highest BCUT2D eigenvalue weighted by Crippen LogP contribution is 2.33. The Labute approximate surface area is 121 Å². The van der Waals surface area contributed by atoms with E-state index < -0.39 is 0 Å². The van der Waals surface area contributed by atoms with Crippen LogP contribution in [0.25, 0.3) is 0 Å². The second-order valence-corrected chi connectivity index (χ2v) is 5.55. The minimum atomic E-state index is -0.0594. The summed E-state index contributed by atoms with van der Waals surface area (Å²) in [7, 11) is 3.79. The number of methoxy groups -OCH3 is 1. The van der Waals surface area contributed by atoms with Gasteiger partial charge in [-0.1, -0.05) is 6.07 Å². The molecule has 0 bridgehead atoms. The third-order valence-electron chi connectivity index (χ3n) is 3.88. The molecule has 20 heavy (non-hydrogen) atoms. The number of benzene rings is 1. The first-order valence-electron chi connectivity index (χ1n) is 7.38. The summed E-state index contributed by atoms with van der Waals surface area (Å²) in [6.07, 6.45) is 3.91. The maximum absolute atomic E-state index is 6.12. The molecule has 2 N–H and O–H groups in total. The van der Waals surface area contributed by atoms with E-state index >= 15 is 0 Å². The van der Waals surface area contributed by atoms with Gasteiger partial charge in [0.1, 0.15) is 5.75 Å². The Hall–Kier alpha value is -1.26. The quantitative estimate of drug-likeness (QED) is 0.899. The number of anilines is 1. The van der Waals surface area contributed by atoms with Gasteiger partial charge in [0.15, 0.2) is 0 Å². The minimum Gasteiger partial charge on any atom is -0.496 e. The number of hydrogen-bond donors (Lipinski definition) is 1. The fourth-order valence-corrected chi connectivity index (χ4v) is 2.86. The summed E-state index contributed by atoms with van der Waals surface area (Å²) in [5, 5.41) is 0. The van der Waals surface area contributed by atoms with Crippen molar-refractivity contribution < 1.29 is 9.47 Å². The van der Waals surface area contributed by atoms with Crippen LogP contribution in [-0.2, 0) is 4.74 Å². The van der Waals surface area contributed by atoms with E-state index in [1.807, 2.05) is 19.1 Å². The molecule has 1 fully saturated rings. The van der Waals surface area contributed by atoms with E-state index in [-0.39, 0.29) is 6.04 Å². The topological polar surface area (TPSA) is 47.7 Å². The van der Waals surface area contributed by atoms with E-state index in [1.54, 1.807) is 7.11 Å². The van der Waals surface area contributed by atoms with Crippen molar-refractivity contribution in [1.82, 2.24) is 0 Å². The molecule has 0 aliphatic carbocycles. The number of likely N-dealkylation sites (N-methyl/N-ethyl adjacent to an activating group) is 1. The van der Waals surface area contributed by atoms with Crippen molar-refractivity contribution in [1.29, 1.82) is 0 Å². The van der Waals surface area contributed by atoms with Crippen LogP contribution in [0.1, 0.15) is 37.8 Å². The Morgan fingerprint density at radius 1 is 1.45 bits per heavy atom. The summed E-state index contributed by atoms with van der Waals surface area (Å²) in [5.41, 5.74) is 8.32. The standard InChI is InChI=1S/C16H26N2O2/c1-12(17)16-14(8-6-9-15(16)19-3)18(2)11-13-7-4-5-10-20-13/h6,8-9,12-13H,4-5,7,10-11,17H2,1-3H3. The van der Waals surface area contributed by atoms with Gasteiger partial charge in [0.05, 0.1) is 13.2 Å². The number of ether oxygens (including phenoxy) is 2. The molecule has 2 rings (SSSR count). The Bertz CT molecular complexity index is 428. The van der Waals surface area contributed by atoms with Gasteiger partial charge in [-0.05, 0) is 38.3 Å². The zero-order valence-corrected chi connectivity index (χ0v) is 12.8. The van der Waals surface area contributed by atoms with E-state index in [4.69, 9.17) is 15.2 Å². The average Bonchev–Trinajstić information content (AvgIpc) is 2.47. The summed E-state index contributed by atoms with van der Waals surface area (Å²) >= 11 is 0. The maximum atomic E-state index is 6.12. The predicted octanol–water partition coefficient (Wildman–Crippen LogP) is 2.72. The SMILES string of the molecule is COc1cccc(N(C)CC2CCCCO2)c1C(C)N. The lowest BCUT2D eigenvalue weighted by molar-refractivity contribution is 0.0216. The summed E-state index contributed by atoms with van der Waals surface area (Å²) in [6, 6.07) is 6.02. The normalized spacial score (nSPS) is 20.5. The molecule has 1 heterocycles. The van der Waals surface area contributed by atoms with E-state index in [0.29, 0.717) is 6.10 Å². The molecule has 1 aromatic rings. The third-order valence-corrected chi connectivity index (χ3v) is 3.88. The monoisotopic (exact) mass is 278 g/mol. The molecular weight excluding hydrogens is 252 g/mol. The summed E-state index contributed by atoms with van der Waals surface area (Å²) in [6.45, 7) is 3.77. The second-order valence-electron chi connectivity index (χ2n) is 5.55. The van der Waals surface area contributed by atoms with Crippen molar-refractivity contribution in [3.05, 3.63) is 23.8 Å². The highest BCUT2D eigenvalue weighted by Gasteiger charge is 2.20. The number of nitrogens with two attached hydrogens (primary N) is 1. The van der Waals surface area contributed by atoms with Crippen LogP contribution < -0.4 is 15.4 Å². The van der Waals surface area contributed by atoms with E-state index in [9.17, 15) is 0 Å². The van der Waals surface area contributed by atoms with E-state index in [2.05, 4.69) is 18.0 Å². The van der Waals surface area contributed by atoms with Gasteiger partial charge in [-0.15, -0.1) is 0 Å². The largest absolute Gasteiger partial charge is 0.496 e. The van der Waals surface area contributed by atoms with Gasteiger partial charge < -0.3 is 20.1 Å². The van der Waals surface area contributed by atoms with Gasteiger partial charge in [-0.2, -0.15) is 0 Å². The molecule has 0 saturated carbocycles. The lowest BCUT2D eigenvalue weighted by atomic mass is 10.0. The van der Waals surface area contributed by atoms with Crippen LogP contribution in [-0.4, -0.2) is 33.4 Å². The van der Waals surface area contributed by atoms with Gasteiger partial charge in [0, 0.05) is 37.5 Å². The molecule has 0 spiro atoms. The first-order valence-corrected chi connectivity index (χ1v) is 7.38. The van der Waals surface area contributed by atoms with Gasteiger partial charge in [0.25, 0.3) is 0 Å². The highest BCUT2D eigenvalue weighted by atomic mass is 16.5. The molecule has 1 saturated heterocycles. The molecular formula is C16H26N2O2. The first kappa shape index (κ1) is 15.1. The highest BCUT2D eigenvalue weighted by molar-refractivity contribution is 5.60. The molecule has 0 amide bonds. The predicted molar refractivity (Wildman–Crippen MR) is 82.5 cm³/mol. The van der Waals surface area contributed by atoms with Gasteiger partial charge >= 0.3 is 0 Å². The second kappa shape index (κ2) is 6.95. The lowest BCUT2D eigenvalue weighted by Crippen LogP contribution is -2.34. The molecule has 2 atom stereocenters. The van der Waals surface area contributed by atoms with Crippen molar-refractivity contribution >= 4 is 5.69 Å². The van der Waals surface area contributed by atoms with Gasteiger partial charge in [0.2, 0.25) is 0 Å². The van der Waals surface area contributed by atoms with Gasteiger partial charge in [-0.3, -0.25) is 0 Å². The zero-order valence-electron chi connectivity index (χ0n) is 12.8. The molecule has 0 radical (unpaired) electrons. The molecule has 2 unspecified atom stereocenters. The smallest absolute Gasteiger partial charge is 0.125 e. The Kier molecular flexibility index (Phi) is 5.26. The molecule has 4 heteroatoms. The number of nitrogens with zero attached hydrogens (tertiary/aromatic N) is 1. The van der Waals surface area contributed by atoms with Crippen LogP contribution in [0.5, 0.6) is 5.75 Å². The molecule has 1 aliphatic rings. The lowest BCUT2D eigenvalue weighted by Gasteiger charge is -2.31. The molecule has 112 valence electrons. The summed E-state index contributed by atoms with van der Waals surface area (Å²) in [4.78, 5) is 2.23. The van der Waals surface area contributed by atoms with Crippen molar-refractivity contribution in [2.45, 2.75) is 38.3 Å². The molecule has 4 nitrogen and oxygen atoms in total. The summed E-state index contributed by atoms with van der Waals surface area (Å²) in [5.74, 6) is 0.855. The third kappa shape index (κ3) is 3.44. The van der Waals surface area contributed by atoms with Crippen LogP contribution in [0, 0.1) is 0 Å². The molecule has 1 aliphatic heterocycles. The van der Waals surface area contributed by atoms with Crippen LogP contribution in [0.2, 0.25) is 0 Å². The first-order chi connectivity index (χ1) is 9.63. The molecule has 0 aromatic heterocycles. The Morgan fingerprint density at radius 3 is 2.85 bits per heavy atom. The number of hydrogen-bond acceptors (Lipinski definition) is 4. The molecule has 1 aromatic carbocycles. The Morgan fingerprint density at radius 2 is 2.25 bits per heavy atom. The van der Waals surface area contributed by atoms with Crippen molar-refractivity contribution in [2.24, 2.45) is 5.73 Å². The number of rotatable bonds is 5.